The Balaban J connectivity index is 2.16. The Morgan fingerprint density at radius 2 is 2.04 bits per heavy atom. The van der Waals surface area contributed by atoms with Crippen LogP contribution in [0.2, 0.25) is 0 Å². The van der Waals surface area contributed by atoms with Crippen LogP contribution in [0, 0.1) is 10.1 Å². The minimum absolute atomic E-state index is 0.0209. The third-order valence-electron chi connectivity index (χ3n) is 2.17. The zero-order chi connectivity index (χ0) is 17.1. The lowest BCUT2D eigenvalue weighted by atomic mass is 10.3. The van der Waals surface area contributed by atoms with Gasteiger partial charge >= 0.3 is 12.1 Å². The van der Waals surface area contributed by atoms with Gasteiger partial charge in [-0.2, -0.15) is 0 Å². The van der Waals surface area contributed by atoms with E-state index in [1.165, 1.54) is 24.5 Å². The van der Waals surface area contributed by atoms with E-state index in [1.54, 1.807) is 12.1 Å². The van der Waals surface area contributed by atoms with Gasteiger partial charge in [0.25, 0.3) is 5.09 Å². The van der Waals surface area contributed by atoms with Gasteiger partial charge in [0.15, 0.2) is 0 Å². The largest absolute Gasteiger partial charge is 0.510 e. The number of esters is 1. The Kier molecular flexibility index (Phi) is 7.55. The molecule has 0 aliphatic carbocycles. The lowest BCUT2D eigenvalue weighted by Gasteiger charge is -2.09. The molecule has 1 aromatic heterocycles. The van der Waals surface area contributed by atoms with Gasteiger partial charge in [-0.05, 0) is 31.2 Å². The summed E-state index contributed by atoms with van der Waals surface area (Å²) in [6.07, 6.45) is 3.28. The van der Waals surface area contributed by atoms with Gasteiger partial charge in [0.05, 0.1) is 5.56 Å². The van der Waals surface area contributed by atoms with E-state index in [0.717, 1.165) is 6.92 Å². The van der Waals surface area contributed by atoms with Gasteiger partial charge in [0.1, 0.15) is 13.2 Å². The second-order valence-electron chi connectivity index (χ2n) is 3.89. The molecule has 1 heterocycles. The molecule has 1 aromatic rings. The van der Waals surface area contributed by atoms with Crippen LogP contribution < -0.4 is 0 Å². The molecule has 1 rings (SSSR count). The minimum atomic E-state index is -1.37. The normalized spacial score (nSPS) is 11.5. The molecule has 0 fully saturated rings. The standard InChI is InChI=1S/C13H14N2O8/c1-10(23-15(18)19)22-13(17)21-8-3-2-7-20-12(16)11-5-4-6-14-9-11/h2-6,9-10H,7-8H2,1H3/b3-2-. The third-order valence-corrected chi connectivity index (χ3v) is 2.17. The monoisotopic (exact) mass is 326 g/mol. The minimum Gasteiger partial charge on any atom is -0.458 e. The lowest BCUT2D eigenvalue weighted by Crippen LogP contribution is -2.21. The maximum Gasteiger partial charge on any atom is 0.510 e. The first-order valence-corrected chi connectivity index (χ1v) is 6.35. The molecule has 0 bridgehead atoms. The summed E-state index contributed by atoms with van der Waals surface area (Å²) in [5.41, 5.74) is 0.320. The number of hydrogen-bond acceptors (Lipinski definition) is 9. The second kappa shape index (κ2) is 9.71. The Bertz CT molecular complexity index is 560. The van der Waals surface area contributed by atoms with Crippen molar-refractivity contribution in [1.29, 1.82) is 0 Å². The highest BCUT2D eigenvalue weighted by atomic mass is 17.0. The van der Waals surface area contributed by atoms with E-state index in [-0.39, 0.29) is 13.2 Å². The molecule has 10 heteroatoms. The van der Waals surface area contributed by atoms with E-state index < -0.39 is 23.5 Å². The van der Waals surface area contributed by atoms with Gasteiger partial charge in [0, 0.05) is 12.4 Å². The van der Waals surface area contributed by atoms with Gasteiger partial charge in [-0.1, -0.05) is 0 Å². The average Bonchev–Trinajstić information content (AvgIpc) is 2.50. The molecule has 23 heavy (non-hydrogen) atoms. The molecular weight excluding hydrogens is 312 g/mol. The smallest absolute Gasteiger partial charge is 0.458 e. The van der Waals surface area contributed by atoms with Crippen LogP contribution in [0.25, 0.3) is 0 Å². The molecular formula is C13H14N2O8. The molecule has 0 aliphatic heterocycles. The van der Waals surface area contributed by atoms with E-state index in [0.29, 0.717) is 5.56 Å². The van der Waals surface area contributed by atoms with Crippen molar-refractivity contribution in [2.75, 3.05) is 13.2 Å². The van der Waals surface area contributed by atoms with Crippen LogP contribution in [0.15, 0.2) is 36.7 Å². The molecule has 0 aromatic carbocycles. The molecule has 0 spiro atoms. The summed E-state index contributed by atoms with van der Waals surface area (Å²) in [6.45, 7) is 0.985. The maximum absolute atomic E-state index is 11.5. The molecule has 0 amide bonds. The molecule has 0 saturated carbocycles. The molecule has 1 atom stereocenters. The first-order chi connectivity index (χ1) is 11.0. The Labute approximate surface area is 130 Å². The number of hydrogen-bond donors (Lipinski definition) is 0. The van der Waals surface area contributed by atoms with Gasteiger partial charge in [0.2, 0.25) is 6.29 Å². The first kappa shape index (κ1) is 17.9. The van der Waals surface area contributed by atoms with E-state index in [2.05, 4.69) is 19.3 Å². The van der Waals surface area contributed by atoms with Crippen molar-refractivity contribution in [2.24, 2.45) is 0 Å². The Morgan fingerprint density at radius 1 is 1.35 bits per heavy atom. The van der Waals surface area contributed by atoms with Gasteiger partial charge in [-0.15, -0.1) is 10.1 Å². The summed E-state index contributed by atoms with van der Waals surface area (Å²) in [7, 11) is 0. The Hall–Kier alpha value is -3.17. The van der Waals surface area contributed by atoms with Crippen LogP contribution in [0.3, 0.4) is 0 Å². The number of carbonyl (C=O) groups is 2. The fraction of sp³-hybridized carbons (Fsp3) is 0.308. The van der Waals surface area contributed by atoms with E-state index >= 15 is 0 Å². The van der Waals surface area contributed by atoms with E-state index in [9.17, 15) is 19.7 Å². The summed E-state index contributed by atoms with van der Waals surface area (Å²) < 4.78 is 13.9. The third kappa shape index (κ3) is 7.99. The predicted octanol–water partition coefficient (Wildman–Crippen LogP) is 1.50. The van der Waals surface area contributed by atoms with Crippen LogP contribution in [-0.4, -0.2) is 41.7 Å². The Morgan fingerprint density at radius 3 is 2.65 bits per heavy atom. The van der Waals surface area contributed by atoms with Crippen molar-refractivity contribution < 1.29 is 33.7 Å². The summed E-state index contributed by atoms with van der Waals surface area (Å²) in [4.78, 5) is 40.3. The van der Waals surface area contributed by atoms with Gasteiger partial charge in [-0.25, -0.2) is 9.59 Å². The zero-order valence-corrected chi connectivity index (χ0v) is 12.1. The summed E-state index contributed by atoms with van der Waals surface area (Å²) in [5.74, 6) is -0.533. The number of pyridine rings is 1. The van der Waals surface area contributed by atoms with Crippen molar-refractivity contribution in [1.82, 2.24) is 4.98 Å². The van der Waals surface area contributed by atoms with Crippen LogP contribution in [0.4, 0.5) is 4.79 Å². The maximum atomic E-state index is 11.5. The van der Waals surface area contributed by atoms with Crippen LogP contribution >= 0.6 is 0 Å². The van der Waals surface area contributed by atoms with Crippen LogP contribution in [0.1, 0.15) is 17.3 Å². The molecule has 0 radical (unpaired) electrons. The van der Waals surface area contributed by atoms with Gasteiger partial charge in [-0.3, -0.25) is 9.82 Å². The number of carbonyl (C=O) groups excluding carboxylic acids is 2. The van der Waals surface area contributed by atoms with Crippen LogP contribution in [0.5, 0.6) is 0 Å². The first-order valence-electron chi connectivity index (χ1n) is 6.35. The number of rotatable bonds is 8. The second-order valence-corrected chi connectivity index (χ2v) is 3.89. The SMILES string of the molecule is CC(OC(=O)OC/C=C\COC(=O)c1cccnc1)O[N+](=O)[O-]. The topological polar surface area (TPSA) is 127 Å². The molecule has 0 aliphatic rings. The molecule has 0 saturated heterocycles. The zero-order valence-electron chi connectivity index (χ0n) is 12.1. The van der Waals surface area contributed by atoms with Crippen molar-refractivity contribution in [2.45, 2.75) is 13.2 Å². The van der Waals surface area contributed by atoms with E-state index in [4.69, 9.17) is 4.74 Å². The van der Waals surface area contributed by atoms with E-state index in [1.807, 2.05) is 0 Å². The summed E-state index contributed by atoms with van der Waals surface area (Å²) in [5, 5.41) is 8.89. The van der Waals surface area contributed by atoms with Gasteiger partial charge < -0.3 is 14.2 Å². The van der Waals surface area contributed by atoms with Crippen molar-refractivity contribution >= 4 is 12.1 Å². The number of nitrogens with zero attached hydrogens (tertiary/aromatic N) is 2. The molecule has 0 N–H and O–H groups in total. The fourth-order valence-electron chi connectivity index (χ4n) is 1.26. The summed E-state index contributed by atoms with van der Waals surface area (Å²) >= 11 is 0. The number of aromatic nitrogens is 1. The highest BCUT2D eigenvalue weighted by Crippen LogP contribution is 1.99. The van der Waals surface area contributed by atoms with Crippen molar-refractivity contribution in [3.05, 3.63) is 52.4 Å². The molecule has 124 valence electrons. The summed E-state index contributed by atoms with van der Waals surface area (Å²) in [6, 6.07) is 3.17. The van der Waals surface area contributed by atoms with Crippen molar-refractivity contribution in [3.63, 3.8) is 0 Å². The molecule has 1 unspecified atom stereocenters. The highest BCUT2D eigenvalue weighted by molar-refractivity contribution is 5.88. The number of ether oxygens (including phenoxy) is 3. The van der Waals surface area contributed by atoms with Crippen molar-refractivity contribution in [3.8, 4) is 0 Å². The quantitative estimate of drug-likeness (QED) is 0.229. The lowest BCUT2D eigenvalue weighted by molar-refractivity contribution is -0.777. The molecule has 10 nitrogen and oxygen atoms in total. The average molecular weight is 326 g/mol. The fourth-order valence-corrected chi connectivity index (χ4v) is 1.26. The van der Waals surface area contributed by atoms with Crippen LogP contribution in [-0.2, 0) is 19.0 Å². The predicted molar refractivity (Wildman–Crippen MR) is 73.6 cm³/mol. The highest BCUT2D eigenvalue weighted by Gasteiger charge is 2.13.